The fraction of sp³-hybridized carbons (Fsp3) is 0.619. The standard InChI is InChI=1S/C19H22Cl2F3NO.C2H5NO/c1-18(7-2-3-8-18)16(14-13(22)5-4-12(20)15(14)21)25-17(26)11-6-9-19(23,24)10-11;1-2(3)4/h4-5,11,16H,2-3,6-10H2,1H3,(H,25,26);1H3,(H2,3,4)/t11-,16?;/m0./s1. The van der Waals surface area contributed by atoms with Crippen molar-refractivity contribution in [1.82, 2.24) is 5.32 Å². The van der Waals surface area contributed by atoms with Gasteiger partial charge >= 0.3 is 0 Å². The van der Waals surface area contributed by atoms with Crippen LogP contribution in [0.15, 0.2) is 12.1 Å². The lowest BCUT2D eigenvalue weighted by molar-refractivity contribution is -0.127. The number of carbonyl (C=O) groups is 2. The van der Waals surface area contributed by atoms with Gasteiger partial charge in [0, 0.05) is 31.2 Å². The maximum Gasteiger partial charge on any atom is 0.248 e. The van der Waals surface area contributed by atoms with Crippen molar-refractivity contribution in [3.63, 3.8) is 0 Å². The molecule has 3 rings (SSSR count). The minimum absolute atomic E-state index is 0.0712. The van der Waals surface area contributed by atoms with Gasteiger partial charge in [-0.2, -0.15) is 0 Å². The van der Waals surface area contributed by atoms with E-state index in [1.807, 2.05) is 6.92 Å². The van der Waals surface area contributed by atoms with Crippen LogP contribution < -0.4 is 11.1 Å². The molecule has 0 heterocycles. The molecule has 3 N–H and O–H groups in total. The van der Waals surface area contributed by atoms with Crippen LogP contribution >= 0.6 is 23.2 Å². The summed E-state index contributed by atoms with van der Waals surface area (Å²) in [6, 6.07) is 1.90. The molecule has 2 saturated carbocycles. The zero-order chi connectivity index (χ0) is 22.7. The van der Waals surface area contributed by atoms with Gasteiger partial charge in [0.05, 0.1) is 16.1 Å². The molecule has 1 aromatic carbocycles. The van der Waals surface area contributed by atoms with Crippen molar-refractivity contribution in [2.24, 2.45) is 17.1 Å². The predicted molar refractivity (Wildman–Crippen MR) is 111 cm³/mol. The fourth-order valence-electron chi connectivity index (χ4n) is 4.31. The first-order valence-corrected chi connectivity index (χ1v) is 10.7. The molecule has 2 aliphatic carbocycles. The smallest absolute Gasteiger partial charge is 0.248 e. The Morgan fingerprint density at radius 3 is 2.27 bits per heavy atom. The van der Waals surface area contributed by atoms with Crippen molar-refractivity contribution in [3.05, 3.63) is 33.6 Å². The van der Waals surface area contributed by atoms with Gasteiger partial charge in [0.15, 0.2) is 0 Å². The zero-order valence-corrected chi connectivity index (χ0v) is 18.6. The summed E-state index contributed by atoms with van der Waals surface area (Å²) in [5.41, 5.74) is 4.23. The second kappa shape index (κ2) is 9.77. The number of carbonyl (C=O) groups excluding carboxylic acids is 2. The van der Waals surface area contributed by atoms with E-state index in [0.717, 1.165) is 25.7 Å². The van der Waals surface area contributed by atoms with Crippen LogP contribution in [0.3, 0.4) is 0 Å². The van der Waals surface area contributed by atoms with E-state index in [1.54, 1.807) is 0 Å². The second-order valence-corrected chi connectivity index (χ2v) is 9.25. The number of alkyl halides is 2. The van der Waals surface area contributed by atoms with Gasteiger partial charge in [-0.3, -0.25) is 9.59 Å². The lowest BCUT2D eigenvalue weighted by atomic mass is 9.76. The molecular weight excluding hydrogens is 440 g/mol. The van der Waals surface area contributed by atoms with Crippen molar-refractivity contribution in [1.29, 1.82) is 0 Å². The molecule has 2 aliphatic rings. The van der Waals surface area contributed by atoms with Gasteiger partial charge in [-0.15, -0.1) is 0 Å². The molecule has 0 aliphatic heterocycles. The summed E-state index contributed by atoms with van der Waals surface area (Å²) in [6.45, 7) is 3.28. The summed E-state index contributed by atoms with van der Waals surface area (Å²) in [6.07, 6.45) is 2.89. The number of nitrogens with two attached hydrogens (primary N) is 1. The number of primary amides is 1. The highest BCUT2D eigenvalue weighted by atomic mass is 35.5. The molecule has 2 amide bonds. The van der Waals surface area contributed by atoms with E-state index >= 15 is 0 Å². The van der Waals surface area contributed by atoms with Crippen LogP contribution in [0, 0.1) is 17.2 Å². The molecule has 1 unspecified atom stereocenters. The normalized spacial score (nSPS) is 22.7. The van der Waals surface area contributed by atoms with Gasteiger partial charge in [-0.1, -0.05) is 43.0 Å². The molecule has 2 atom stereocenters. The number of rotatable bonds is 4. The summed E-state index contributed by atoms with van der Waals surface area (Å²) in [5, 5.41) is 3.13. The topological polar surface area (TPSA) is 72.2 Å². The highest BCUT2D eigenvalue weighted by molar-refractivity contribution is 6.42. The average Bonchev–Trinajstić information content (AvgIpc) is 3.23. The molecule has 2 fully saturated rings. The Morgan fingerprint density at radius 1 is 1.20 bits per heavy atom. The largest absolute Gasteiger partial charge is 0.370 e. The van der Waals surface area contributed by atoms with Gasteiger partial charge in [0.25, 0.3) is 0 Å². The Hall–Kier alpha value is -1.47. The molecule has 0 aromatic heterocycles. The van der Waals surface area contributed by atoms with Crippen LogP contribution in [0.25, 0.3) is 0 Å². The highest BCUT2D eigenvalue weighted by Crippen LogP contribution is 2.50. The maximum atomic E-state index is 14.6. The third-order valence-corrected chi connectivity index (χ3v) is 6.69. The first kappa shape index (κ1) is 24.8. The van der Waals surface area contributed by atoms with Crippen molar-refractivity contribution >= 4 is 35.0 Å². The van der Waals surface area contributed by atoms with E-state index in [4.69, 9.17) is 23.2 Å². The number of amides is 2. The molecule has 30 heavy (non-hydrogen) atoms. The minimum Gasteiger partial charge on any atom is -0.370 e. The predicted octanol–water partition coefficient (Wildman–Crippen LogP) is 5.80. The highest BCUT2D eigenvalue weighted by Gasteiger charge is 2.46. The third kappa shape index (κ3) is 6.03. The molecule has 168 valence electrons. The number of hydrogen-bond donors (Lipinski definition) is 2. The number of nitrogens with one attached hydrogen (secondary N) is 1. The van der Waals surface area contributed by atoms with Crippen molar-refractivity contribution in [2.45, 2.75) is 70.8 Å². The quantitative estimate of drug-likeness (QED) is 0.550. The van der Waals surface area contributed by atoms with E-state index < -0.39 is 41.4 Å². The van der Waals surface area contributed by atoms with Crippen LogP contribution in [0.2, 0.25) is 10.0 Å². The summed E-state index contributed by atoms with van der Waals surface area (Å²) >= 11 is 12.4. The Balaban J connectivity index is 0.000000735. The molecule has 4 nitrogen and oxygen atoms in total. The van der Waals surface area contributed by atoms with Gasteiger partial charge < -0.3 is 11.1 Å². The van der Waals surface area contributed by atoms with Crippen LogP contribution in [0.1, 0.15) is 70.4 Å². The first-order valence-electron chi connectivity index (χ1n) is 9.94. The van der Waals surface area contributed by atoms with Gasteiger partial charge in [-0.05, 0) is 36.8 Å². The average molecular weight is 467 g/mol. The Morgan fingerprint density at radius 2 is 1.77 bits per heavy atom. The SMILES string of the molecule is CC(N)=O.CC1(C(NC(=O)[C@H]2CCC(F)(F)C2)c2c(F)ccc(Cl)c2Cl)CCCC1. The molecule has 0 saturated heterocycles. The minimum atomic E-state index is -2.81. The third-order valence-electron chi connectivity index (χ3n) is 5.87. The molecule has 0 spiro atoms. The van der Waals surface area contributed by atoms with Crippen LogP contribution in [0.5, 0.6) is 0 Å². The van der Waals surface area contributed by atoms with E-state index in [0.29, 0.717) is 0 Å². The summed E-state index contributed by atoms with van der Waals surface area (Å²) in [4.78, 5) is 21.9. The van der Waals surface area contributed by atoms with Crippen LogP contribution in [-0.2, 0) is 9.59 Å². The van der Waals surface area contributed by atoms with Crippen molar-refractivity contribution < 1.29 is 22.8 Å². The zero-order valence-electron chi connectivity index (χ0n) is 17.0. The summed E-state index contributed by atoms with van der Waals surface area (Å²) < 4.78 is 41.6. The number of halogens is 5. The van der Waals surface area contributed by atoms with Crippen LogP contribution in [-0.4, -0.2) is 17.7 Å². The summed E-state index contributed by atoms with van der Waals surface area (Å²) in [7, 11) is 0. The Bertz CT molecular complexity index is 795. The second-order valence-electron chi connectivity index (χ2n) is 8.47. The van der Waals surface area contributed by atoms with E-state index in [1.165, 1.54) is 19.1 Å². The van der Waals surface area contributed by atoms with Crippen molar-refractivity contribution in [3.8, 4) is 0 Å². The molecule has 0 bridgehead atoms. The lowest BCUT2D eigenvalue weighted by Crippen LogP contribution is -2.41. The van der Waals surface area contributed by atoms with Gasteiger partial charge in [-0.25, -0.2) is 13.2 Å². The van der Waals surface area contributed by atoms with E-state index in [-0.39, 0.29) is 34.4 Å². The fourth-order valence-corrected chi connectivity index (χ4v) is 4.73. The Kier molecular flexibility index (Phi) is 8.08. The number of benzene rings is 1. The van der Waals surface area contributed by atoms with Crippen LogP contribution in [0.4, 0.5) is 13.2 Å². The van der Waals surface area contributed by atoms with E-state index in [9.17, 15) is 22.8 Å². The molecular formula is C21H27Cl2F3N2O2. The number of hydrogen-bond acceptors (Lipinski definition) is 2. The van der Waals surface area contributed by atoms with Crippen molar-refractivity contribution in [2.75, 3.05) is 0 Å². The van der Waals surface area contributed by atoms with Gasteiger partial charge in [0.2, 0.25) is 17.7 Å². The first-order chi connectivity index (χ1) is 13.9. The maximum absolute atomic E-state index is 14.6. The molecule has 0 radical (unpaired) electrons. The molecule has 1 aromatic rings. The lowest BCUT2D eigenvalue weighted by Gasteiger charge is -2.36. The Labute approximate surface area is 184 Å². The van der Waals surface area contributed by atoms with Gasteiger partial charge in [0.1, 0.15) is 5.82 Å². The monoisotopic (exact) mass is 466 g/mol. The molecule has 9 heteroatoms. The van der Waals surface area contributed by atoms with E-state index in [2.05, 4.69) is 11.1 Å². The summed E-state index contributed by atoms with van der Waals surface area (Å²) in [5.74, 6) is -4.92.